The van der Waals surface area contributed by atoms with Gasteiger partial charge < -0.3 is 10.1 Å². The number of halogens is 1. The summed E-state index contributed by atoms with van der Waals surface area (Å²) in [6.07, 6.45) is 2.56. The van der Waals surface area contributed by atoms with E-state index in [1.54, 1.807) is 7.11 Å². The Morgan fingerprint density at radius 3 is 3.06 bits per heavy atom. The van der Waals surface area contributed by atoms with Gasteiger partial charge in [-0.15, -0.1) is 0 Å². The number of methoxy groups -OCH3 is 1. The molecule has 0 aliphatic carbocycles. The topological polar surface area (TPSA) is 21.3 Å². The SMILES string of the molecule is COCc1c(Br)cccc1NC1CCCSC1C. The highest BCUT2D eigenvalue weighted by molar-refractivity contribution is 9.10. The monoisotopic (exact) mass is 329 g/mol. The fourth-order valence-electron chi connectivity index (χ4n) is 2.30. The Kier molecular flexibility index (Phi) is 5.39. The van der Waals surface area contributed by atoms with Gasteiger partial charge in [-0.25, -0.2) is 0 Å². The minimum Gasteiger partial charge on any atom is -0.381 e. The number of thioether (sulfide) groups is 1. The maximum absolute atomic E-state index is 5.29. The van der Waals surface area contributed by atoms with E-state index in [1.807, 2.05) is 0 Å². The summed E-state index contributed by atoms with van der Waals surface area (Å²) < 4.78 is 6.41. The van der Waals surface area contributed by atoms with Crippen LogP contribution in [-0.4, -0.2) is 24.2 Å². The second kappa shape index (κ2) is 6.83. The number of ether oxygens (including phenoxy) is 1. The summed E-state index contributed by atoms with van der Waals surface area (Å²) in [7, 11) is 1.74. The molecule has 0 aromatic heterocycles. The van der Waals surface area contributed by atoms with Gasteiger partial charge >= 0.3 is 0 Å². The highest BCUT2D eigenvalue weighted by Gasteiger charge is 2.22. The van der Waals surface area contributed by atoms with E-state index in [0.717, 1.165) is 4.47 Å². The van der Waals surface area contributed by atoms with Gasteiger partial charge in [0.25, 0.3) is 0 Å². The molecule has 2 atom stereocenters. The Morgan fingerprint density at radius 1 is 1.50 bits per heavy atom. The first-order valence-electron chi connectivity index (χ1n) is 6.37. The standard InChI is InChI=1S/C14H20BrNOS/c1-10-13(7-4-8-18-10)16-14-6-3-5-12(15)11(14)9-17-2/h3,5-6,10,13,16H,4,7-9H2,1-2H3. The Labute approximate surface area is 122 Å². The molecule has 1 aromatic carbocycles. The molecule has 18 heavy (non-hydrogen) atoms. The number of nitrogens with one attached hydrogen (secondary N) is 1. The van der Waals surface area contributed by atoms with Crippen molar-refractivity contribution in [3.05, 3.63) is 28.2 Å². The summed E-state index contributed by atoms with van der Waals surface area (Å²) >= 11 is 5.67. The Bertz CT molecular complexity index is 399. The van der Waals surface area contributed by atoms with E-state index in [9.17, 15) is 0 Å². The van der Waals surface area contributed by atoms with Gasteiger partial charge in [-0.3, -0.25) is 0 Å². The smallest absolute Gasteiger partial charge is 0.0744 e. The molecule has 2 unspecified atom stereocenters. The van der Waals surface area contributed by atoms with Crippen LogP contribution in [0.5, 0.6) is 0 Å². The number of benzene rings is 1. The first-order chi connectivity index (χ1) is 8.72. The van der Waals surface area contributed by atoms with Crippen LogP contribution in [0.15, 0.2) is 22.7 Å². The average Bonchev–Trinajstić information content (AvgIpc) is 2.36. The average molecular weight is 330 g/mol. The lowest BCUT2D eigenvalue weighted by Gasteiger charge is -2.30. The number of hydrogen-bond acceptors (Lipinski definition) is 3. The molecule has 1 aliphatic heterocycles. The molecule has 1 saturated heterocycles. The van der Waals surface area contributed by atoms with Crippen molar-refractivity contribution < 1.29 is 4.74 Å². The van der Waals surface area contributed by atoms with Crippen molar-refractivity contribution in [2.75, 3.05) is 18.2 Å². The predicted molar refractivity (Wildman–Crippen MR) is 83.4 cm³/mol. The van der Waals surface area contributed by atoms with E-state index in [2.05, 4.69) is 58.1 Å². The maximum Gasteiger partial charge on any atom is 0.0744 e. The summed E-state index contributed by atoms with van der Waals surface area (Å²) in [6, 6.07) is 6.85. The third-order valence-corrected chi connectivity index (χ3v) is 5.48. The first-order valence-corrected chi connectivity index (χ1v) is 8.21. The molecule has 100 valence electrons. The Morgan fingerprint density at radius 2 is 2.33 bits per heavy atom. The highest BCUT2D eigenvalue weighted by atomic mass is 79.9. The fraction of sp³-hybridized carbons (Fsp3) is 0.571. The van der Waals surface area contributed by atoms with E-state index in [-0.39, 0.29) is 0 Å². The molecule has 1 aromatic rings. The minimum absolute atomic E-state index is 0.564. The molecule has 2 rings (SSSR count). The van der Waals surface area contributed by atoms with E-state index in [4.69, 9.17) is 4.74 Å². The van der Waals surface area contributed by atoms with Crippen molar-refractivity contribution in [3.63, 3.8) is 0 Å². The van der Waals surface area contributed by atoms with Crippen LogP contribution >= 0.6 is 27.7 Å². The highest BCUT2D eigenvalue weighted by Crippen LogP contribution is 2.31. The van der Waals surface area contributed by atoms with Crippen LogP contribution in [-0.2, 0) is 11.3 Å². The number of anilines is 1. The lowest BCUT2D eigenvalue weighted by atomic mass is 10.1. The van der Waals surface area contributed by atoms with Crippen LogP contribution in [0.25, 0.3) is 0 Å². The fourth-order valence-corrected chi connectivity index (χ4v) is 3.92. The molecule has 0 bridgehead atoms. The molecule has 1 aliphatic rings. The quantitative estimate of drug-likeness (QED) is 0.890. The maximum atomic E-state index is 5.29. The van der Waals surface area contributed by atoms with Crippen LogP contribution < -0.4 is 5.32 Å². The van der Waals surface area contributed by atoms with E-state index >= 15 is 0 Å². The van der Waals surface area contributed by atoms with Crippen LogP contribution in [0, 0.1) is 0 Å². The molecule has 1 fully saturated rings. The summed E-state index contributed by atoms with van der Waals surface area (Å²) in [5.41, 5.74) is 2.41. The van der Waals surface area contributed by atoms with Gasteiger partial charge in [0.15, 0.2) is 0 Å². The van der Waals surface area contributed by atoms with Gasteiger partial charge in [-0.05, 0) is 30.7 Å². The minimum atomic E-state index is 0.564. The van der Waals surface area contributed by atoms with E-state index < -0.39 is 0 Å². The zero-order valence-corrected chi connectivity index (χ0v) is 13.3. The van der Waals surface area contributed by atoms with Crippen molar-refractivity contribution in [2.45, 2.75) is 37.7 Å². The second-order valence-electron chi connectivity index (χ2n) is 4.67. The molecule has 2 nitrogen and oxygen atoms in total. The molecule has 1 heterocycles. The van der Waals surface area contributed by atoms with Crippen molar-refractivity contribution in [1.29, 1.82) is 0 Å². The second-order valence-corrected chi connectivity index (χ2v) is 7.01. The van der Waals surface area contributed by atoms with Crippen LogP contribution in [0.3, 0.4) is 0 Å². The summed E-state index contributed by atoms with van der Waals surface area (Å²) in [4.78, 5) is 0. The van der Waals surface area contributed by atoms with Crippen LogP contribution in [0.4, 0.5) is 5.69 Å². The zero-order valence-electron chi connectivity index (χ0n) is 10.9. The molecule has 0 amide bonds. The molecule has 1 N–H and O–H groups in total. The van der Waals surface area contributed by atoms with Gasteiger partial charge in [0.05, 0.1) is 6.61 Å². The third kappa shape index (κ3) is 3.43. The van der Waals surface area contributed by atoms with Gasteiger partial charge in [-0.2, -0.15) is 11.8 Å². The molecule has 0 saturated carbocycles. The van der Waals surface area contributed by atoms with E-state index in [1.165, 1.54) is 29.8 Å². The molecule has 4 heteroatoms. The van der Waals surface area contributed by atoms with Gasteiger partial charge in [0, 0.05) is 34.1 Å². The van der Waals surface area contributed by atoms with Gasteiger partial charge in [0.2, 0.25) is 0 Å². The van der Waals surface area contributed by atoms with Gasteiger partial charge in [0.1, 0.15) is 0 Å². The normalized spacial score (nSPS) is 23.9. The summed E-state index contributed by atoms with van der Waals surface area (Å²) in [6.45, 7) is 2.95. The van der Waals surface area contributed by atoms with Crippen molar-refractivity contribution in [2.24, 2.45) is 0 Å². The lowest BCUT2D eigenvalue weighted by molar-refractivity contribution is 0.185. The Hall–Kier alpha value is -0.190. The summed E-state index contributed by atoms with van der Waals surface area (Å²) in [5.74, 6) is 1.29. The zero-order chi connectivity index (χ0) is 13.0. The van der Waals surface area contributed by atoms with Crippen molar-refractivity contribution in [1.82, 2.24) is 0 Å². The predicted octanol–water partition coefficient (Wildman–Crippen LogP) is 4.29. The molecule has 0 radical (unpaired) electrons. The lowest BCUT2D eigenvalue weighted by Crippen LogP contribution is -2.33. The van der Waals surface area contributed by atoms with Crippen LogP contribution in [0.2, 0.25) is 0 Å². The Balaban J connectivity index is 2.14. The van der Waals surface area contributed by atoms with Crippen LogP contribution in [0.1, 0.15) is 25.3 Å². The molecular formula is C14H20BrNOS. The first kappa shape index (κ1) is 14.2. The largest absolute Gasteiger partial charge is 0.381 e. The number of hydrogen-bond donors (Lipinski definition) is 1. The molecular weight excluding hydrogens is 310 g/mol. The summed E-state index contributed by atoms with van der Waals surface area (Å²) in [5, 5.41) is 4.37. The number of rotatable bonds is 4. The van der Waals surface area contributed by atoms with E-state index in [0.29, 0.717) is 17.9 Å². The molecule has 0 spiro atoms. The van der Waals surface area contributed by atoms with Crippen molar-refractivity contribution in [3.8, 4) is 0 Å². The third-order valence-electron chi connectivity index (χ3n) is 3.36. The van der Waals surface area contributed by atoms with Gasteiger partial charge in [-0.1, -0.05) is 28.9 Å². The van der Waals surface area contributed by atoms with Crippen molar-refractivity contribution >= 4 is 33.4 Å².